The summed E-state index contributed by atoms with van der Waals surface area (Å²) in [7, 11) is 0. The number of carboxylic acids is 1. The molecule has 16 heavy (non-hydrogen) atoms. The molecule has 1 aromatic rings. The van der Waals surface area contributed by atoms with Gasteiger partial charge in [-0.2, -0.15) is 0 Å². The van der Waals surface area contributed by atoms with Crippen molar-refractivity contribution in [3.63, 3.8) is 0 Å². The number of benzene rings is 1. The largest absolute Gasteiger partial charge is 0.478 e. The number of hydrogen-bond acceptors (Lipinski definition) is 1. The highest BCUT2D eigenvalue weighted by Crippen LogP contribution is 2.12. The SMILES string of the molecule is CC(=Cc1ccc(CC(C)C)cc1)C(=O)O. The topological polar surface area (TPSA) is 37.3 Å². The van der Waals surface area contributed by atoms with Crippen molar-refractivity contribution in [3.8, 4) is 0 Å². The lowest BCUT2D eigenvalue weighted by Gasteiger charge is -2.05. The van der Waals surface area contributed by atoms with Gasteiger partial charge in [0.25, 0.3) is 0 Å². The van der Waals surface area contributed by atoms with Crippen molar-refractivity contribution in [1.82, 2.24) is 0 Å². The van der Waals surface area contributed by atoms with Crippen LogP contribution in [0, 0.1) is 5.92 Å². The summed E-state index contributed by atoms with van der Waals surface area (Å²) < 4.78 is 0. The standard InChI is InChI=1S/C14H18O2/c1-10(2)8-12-4-6-13(7-5-12)9-11(3)14(15)16/h4-7,9-10H,8H2,1-3H3,(H,15,16). The van der Waals surface area contributed by atoms with Crippen LogP contribution in [-0.4, -0.2) is 11.1 Å². The zero-order valence-corrected chi connectivity index (χ0v) is 10.0. The van der Waals surface area contributed by atoms with Crippen LogP contribution in [0.2, 0.25) is 0 Å². The molecule has 0 aliphatic rings. The molecule has 0 fully saturated rings. The average molecular weight is 218 g/mol. The van der Waals surface area contributed by atoms with E-state index in [-0.39, 0.29) is 0 Å². The van der Waals surface area contributed by atoms with Gasteiger partial charge in [0.2, 0.25) is 0 Å². The van der Waals surface area contributed by atoms with E-state index < -0.39 is 5.97 Å². The molecule has 0 spiro atoms. The molecule has 0 aliphatic carbocycles. The van der Waals surface area contributed by atoms with E-state index in [1.165, 1.54) is 5.56 Å². The minimum Gasteiger partial charge on any atom is -0.478 e. The third-order valence-electron chi connectivity index (χ3n) is 2.34. The van der Waals surface area contributed by atoms with Crippen LogP contribution in [0.25, 0.3) is 6.08 Å². The molecule has 2 heteroatoms. The molecule has 0 saturated carbocycles. The Balaban J connectivity index is 2.79. The van der Waals surface area contributed by atoms with Crippen LogP contribution in [0.1, 0.15) is 31.9 Å². The zero-order chi connectivity index (χ0) is 12.1. The molecular weight excluding hydrogens is 200 g/mol. The Morgan fingerprint density at radius 2 is 1.88 bits per heavy atom. The molecule has 0 unspecified atom stereocenters. The summed E-state index contributed by atoms with van der Waals surface area (Å²) >= 11 is 0. The number of aliphatic carboxylic acids is 1. The Labute approximate surface area is 96.6 Å². The monoisotopic (exact) mass is 218 g/mol. The van der Waals surface area contributed by atoms with E-state index in [2.05, 4.69) is 26.0 Å². The van der Waals surface area contributed by atoms with Gasteiger partial charge in [0.15, 0.2) is 0 Å². The molecule has 86 valence electrons. The van der Waals surface area contributed by atoms with Crippen molar-refractivity contribution in [2.45, 2.75) is 27.2 Å². The molecule has 0 bridgehead atoms. The molecule has 0 aliphatic heterocycles. The highest BCUT2D eigenvalue weighted by molar-refractivity contribution is 5.91. The van der Waals surface area contributed by atoms with Gasteiger partial charge in [-0.25, -0.2) is 4.79 Å². The van der Waals surface area contributed by atoms with Gasteiger partial charge in [-0.3, -0.25) is 0 Å². The van der Waals surface area contributed by atoms with Gasteiger partial charge in [0.1, 0.15) is 0 Å². The van der Waals surface area contributed by atoms with Crippen molar-refractivity contribution in [2.75, 3.05) is 0 Å². The first-order valence-corrected chi connectivity index (χ1v) is 5.49. The fraction of sp³-hybridized carbons (Fsp3) is 0.357. The van der Waals surface area contributed by atoms with Crippen LogP contribution in [-0.2, 0) is 11.2 Å². The van der Waals surface area contributed by atoms with Gasteiger partial charge in [-0.05, 0) is 36.5 Å². The lowest BCUT2D eigenvalue weighted by atomic mass is 10.0. The molecule has 0 radical (unpaired) electrons. The van der Waals surface area contributed by atoms with E-state index in [1.807, 2.05) is 12.1 Å². The Kier molecular flexibility index (Phi) is 4.29. The van der Waals surface area contributed by atoms with E-state index in [1.54, 1.807) is 13.0 Å². The molecule has 0 aromatic heterocycles. The van der Waals surface area contributed by atoms with Gasteiger partial charge in [-0.15, -0.1) is 0 Å². The molecule has 1 N–H and O–H groups in total. The summed E-state index contributed by atoms with van der Waals surface area (Å²) in [6.45, 7) is 5.97. The molecule has 0 heterocycles. The molecule has 0 amide bonds. The number of hydrogen-bond donors (Lipinski definition) is 1. The van der Waals surface area contributed by atoms with E-state index in [0.717, 1.165) is 12.0 Å². The lowest BCUT2D eigenvalue weighted by molar-refractivity contribution is -0.132. The predicted molar refractivity (Wildman–Crippen MR) is 66.3 cm³/mol. The second-order valence-electron chi connectivity index (χ2n) is 4.47. The van der Waals surface area contributed by atoms with Crippen molar-refractivity contribution in [1.29, 1.82) is 0 Å². The van der Waals surface area contributed by atoms with Crippen LogP contribution in [0.5, 0.6) is 0 Å². The molecule has 1 aromatic carbocycles. The lowest BCUT2D eigenvalue weighted by Crippen LogP contribution is -1.96. The Bertz CT molecular complexity index is 386. The summed E-state index contributed by atoms with van der Waals surface area (Å²) in [5, 5.41) is 8.75. The Morgan fingerprint density at radius 1 is 1.31 bits per heavy atom. The summed E-state index contributed by atoms with van der Waals surface area (Å²) in [4.78, 5) is 10.6. The Hall–Kier alpha value is -1.57. The summed E-state index contributed by atoms with van der Waals surface area (Å²) in [5.41, 5.74) is 2.59. The highest BCUT2D eigenvalue weighted by Gasteiger charge is 2.00. The first-order valence-electron chi connectivity index (χ1n) is 5.49. The third kappa shape index (κ3) is 3.89. The molecule has 2 nitrogen and oxygen atoms in total. The summed E-state index contributed by atoms with van der Waals surface area (Å²) in [6, 6.07) is 8.04. The summed E-state index contributed by atoms with van der Waals surface area (Å²) in [6.07, 6.45) is 2.74. The maximum atomic E-state index is 10.6. The average Bonchev–Trinajstić information content (AvgIpc) is 2.20. The second kappa shape index (κ2) is 5.50. The molecule has 0 atom stereocenters. The Morgan fingerprint density at radius 3 is 2.31 bits per heavy atom. The minimum atomic E-state index is -0.869. The second-order valence-corrected chi connectivity index (χ2v) is 4.47. The molecule has 1 rings (SSSR count). The fourth-order valence-electron chi connectivity index (χ4n) is 1.53. The fourth-order valence-corrected chi connectivity index (χ4v) is 1.53. The van der Waals surface area contributed by atoms with Crippen LogP contribution < -0.4 is 0 Å². The number of rotatable bonds is 4. The minimum absolute atomic E-state index is 0.358. The van der Waals surface area contributed by atoms with Crippen molar-refractivity contribution >= 4 is 12.0 Å². The van der Waals surface area contributed by atoms with Crippen LogP contribution >= 0.6 is 0 Å². The third-order valence-corrected chi connectivity index (χ3v) is 2.34. The number of carbonyl (C=O) groups is 1. The van der Waals surface area contributed by atoms with Crippen LogP contribution in [0.15, 0.2) is 29.8 Å². The first kappa shape index (κ1) is 12.5. The van der Waals surface area contributed by atoms with Crippen molar-refractivity contribution < 1.29 is 9.90 Å². The summed E-state index contributed by atoms with van der Waals surface area (Å²) in [5.74, 6) is -0.228. The predicted octanol–water partition coefficient (Wildman–Crippen LogP) is 3.37. The van der Waals surface area contributed by atoms with Crippen molar-refractivity contribution in [3.05, 3.63) is 41.0 Å². The normalized spacial score (nSPS) is 11.9. The maximum absolute atomic E-state index is 10.6. The van der Waals surface area contributed by atoms with Gasteiger partial charge < -0.3 is 5.11 Å². The van der Waals surface area contributed by atoms with Gasteiger partial charge in [-0.1, -0.05) is 38.1 Å². The van der Waals surface area contributed by atoms with Gasteiger partial charge in [0.05, 0.1) is 0 Å². The van der Waals surface area contributed by atoms with E-state index in [4.69, 9.17) is 5.11 Å². The van der Waals surface area contributed by atoms with Gasteiger partial charge >= 0.3 is 5.97 Å². The highest BCUT2D eigenvalue weighted by atomic mass is 16.4. The number of carboxylic acid groups (broad SMARTS) is 1. The maximum Gasteiger partial charge on any atom is 0.331 e. The van der Waals surface area contributed by atoms with Crippen LogP contribution in [0.4, 0.5) is 0 Å². The smallest absolute Gasteiger partial charge is 0.331 e. The van der Waals surface area contributed by atoms with E-state index in [0.29, 0.717) is 11.5 Å². The van der Waals surface area contributed by atoms with Gasteiger partial charge in [0, 0.05) is 5.57 Å². The van der Waals surface area contributed by atoms with Crippen molar-refractivity contribution in [2.24, 2.45) is 5.92 Å². The quantitative estimate of drug-likeness (QED) is 0.787. The van der Waals surface area contributed by atoms with E-state index in [9.17, 15) is 4.79 Å². The first-order chi connectivity index (χ1) is 7.49. The van der Waals surface area contributed by atoms with E-state index >= 15 is 0 Å². The molecular formula is C14H18O2. The van der Waals surface area contributed by atoms with Crippen LogP contribution in [0.3, 0.4) is 0 Å². The molecule has 0 saturated heterocycles. The zero-order valence-electron chi connectivity index (χ0n) is 10.0.